The average molecular weight is 257 g/mol. The van der Waals surface area contributed by atoms with Crippen molar-refractivity contribution >= 4 is 0 Å². The molecule has 0 saturated heterocycles. The molecule has 19 heavy (non-hydrogen) atoms. The molecule has 0 fully saturated rings. The molecule has 100 valence electrons. The highest BCUT2D eigenvalue weighted by Gasteiger charge is 2.14. The van der Waals surface area contributed by atoms with E-state index in [-0.39, 0.29) is 11.9 Å². The molecule has 0 aliphatic rings. The molecule has 0 saturated carbocycles. The van der Waals surface area contributed by atoms with Crippen molar-refractivity contribution in [3.05, 3.63) is 58.9 Å². The second-order valence-electron chi connectivity index (χ2n) is 5.01. The number of nitrogens with one attached hydrogen (secondary N) is 1. The first kappa shape index (κ1) is 13.8. The second kappa shape index (κ2) is 5.54. The highest BCUT2D eigenvalue weighted by Crippen LogP contribution is 2.33. The third kappa shape index (κ3) is 2.69. The lowest BCUT2D eigenvalue weighted by Crippen LogP contribution is -2.13. The quantitative estimate of drug-likeness (QED) is 0.860. The van der Waals surface area contributed by atoms with Gasteiger partial charge in [-0.05, 0) is 67.8 Å². The summed E-state index contributed by atoms with van der Waals surface area (Å²) in [6.07, 6.45) is 0. The van der Waals surface area contributed by atoms with Crippen LogP contribution in [0, 0.1) is 19.7 Å². The van der Waals surface area contributed by atoms with Gasteiger partial charge in [0, 0.05) is 6.04 Å². The molecular weight excluding hydrogens is 237 g/mol. The van der Waals surface area contributed by atoms with Gasteiger partial charge in [-0.1, -0.05) is 24.3 Å². The molecule has 0 aliphatic heterocycles. The van der Waals surface area contributed by atoms with Crippen molar-refractivity contribution < 1.29 is 4.39 Å². The monoisotopic (exact) mass is 257 g/mol. The first-order chi connectivity index (χ1) is 9.04. The standard InChI is InChI=1S/C17H20FN/c1-11-9-14(18)10-12(2)17(11)16-8-6-5-7-15(16)13(3)19-4/h5-10,13,19H,1-4H3. The average Bonchev–Trinajstić information content (AvgIpc) is 2.37. The van der Waals surface area contributed by atoms with Crippen molar-refractivity contribution in [2.75, 3.05) is 7.05 Å². The minimum Gasteiger partial charge on any atom is -0.313 e. The Labute approximate surface area is 114 Å². The Balaban J connectivity index is 2.66. The van der Waals surface area contributed by atoms with E-state index < -0.39 is 0 Å². The summed E-state index contributed by atoms with van der Waals surface area (Å²) < 4.78 is 13.4. The minimum atomic E-state index is -0.169. The van der Waals surface area contributed by atoms with Crippen LogP contribution in [0.5, 0.6) is 0 Å². The van der Waals surface area contributed by atoms with E-state index in [1.54, 1.807) is 12.1 Å². The number of halogens is 1. The number of aryl methyl sites for hydroxylation is 2. The van der Waals surface area contributed by atoms with Crippen LogP contribution in [0.1, 0.15) is 29.7 Å². The first-order valence-electron chi connectivity index (χ1n) is 6.58. The summed E-state index contributed by atoms with van der Waals surface area (Å²) in [5.41, 5.74) is 5.52. The van der Waals surface area contributed by atoms with Gasteiger partial charge in [0.05, 0.1) is 0 Å². The molecule has 1 N–H and O–H groups in total. The van der Waals surface area contributed by atoms with Crippen LogP contribution in [0.3, 0.4) is 0 Å². The Kier molecular flexibility index (Phi) is 4.01. The van der Waals surface area contributed by atoms with E-state index in [2.05, 4.69) is 24.4 Å². The molecule has 1 nitrogen and oxygen atoms in total. The Morgan fingerprint density at radius 2 is 1.63 bits per heavy atom. The van der Waals surface area contributed by atoms with E-state index in [9.17, 15) is 4.39 Å². The van der Waals surface area contributed by atoms with Crippen LogP contribution in [-0.2, 0) is 0 Å². The highest BCUT2D eigenvalue weighted by atomic mass is 19.1. The maximum Gasteiger partial charge on any atom is 0.123 e. The summed E-state index contributed by atoms with van der Waals surface area (Å²) in [4.78, 5) is 0. The summed E-state index contributed by atoms with van der Waals surface area (Å²) >= 11 is 0. The van der Waals surface area contributed by atoms with Crippen molar-refractivity contribution in [1.29, 1.82) is 0 Å². The molecule has 1 atom stereocenters. The fourth-order valence-electron chi connectivity index (χ4n) is 2.59. The molecule has 0 spiro atoms. The van der Waals surface area contributed by atoms with Gasteiger partial charge >= 0.3 is 0 Å². The summed E-state index contributed by atoms with van der Waals surface area (Å²) in [5.74, 6) is -0.169. The van der Waals surface area contributed by atoms with Gasteiger partial charge in [0.25, 0.3) is 0 Å². The van der Waals surface area contributed by atoms with E-state index in [4.69, 9.17) is 0 Å². The lowest BCUT2D eigenvalue weighted by Gasteiger charge is -2.19. The predicted molar refractivity (Wildman–Crippen MR) is 78.8 cm³/mol. The third-order valence-corrected chi connectivity index (χ3v) is 3.63. The summed E-state index contributed by atoms with van der Waals surface area (Å²) in [6, 6.07) is 11.8. The van der Waals surface area contributed by atoms with Crippen LogP contribution in [0.4, 0.5) is 4.39 Å². The fourth-order valence-corrected chi connectivity index (χ4v) is 2.59. The molecule has 1 unspecified atom stereocenters. The number of hydrogen-bond donors (Lipinski definition) is 1. The molecule has 2 aromatic rings. The van der Waals surface area contributed by atoms with Crippen molar-refractivity contribution in [2.24, 2.45) is 0 Å². The second-order valence-corrected chi connectivity index (χ2v) is 5.01. The zero-order chi connectivity index (χ0) is 14.0. The maximum atomic E-state index is 13.4. The van der Waals surface area contributed by atoms with Crippen LogP contribution in [0.15, 0.2) is 36.4 Å². The van der Waals surface area contributed by atoms with Crippen molar-refractivity contribution in [3.8, 4) is 11.1 Å². The Morgan fingerprint density at radius 1 is 1.05 bits per heavy atom. The van der Waals surface area contributed by atoms with E-state index in [1.165, 1.54) is 11.1 Å². The van der Waals surface area contributed by atoms with Crippen LogP contribution >= 0.6 is 0 Å². The summed E-state index contributed by atoms with van der Waals surface area (Å²) in [5, 5.41) is 3.27. The molecule has 2 heteroatoms. The van der Waals surface area contributed by atoms with E-state index in [0.717, 1.165) is 16.7 Å². The number of hydrogen-bond acceptors (Lipinski definition) is 1. The van der Waals surface area contributed by atoms with E-state index >= 15 is 0 Å². The van der Waals surface area contributed by atoms with Gasteiger partial charge < -0.3 is 5.32 Å². The van der Waals surface area contributed by atoms with Crippen molar-refractivity contribution in [3.63, 3.8) is 0 Å². The maximum absolute atomic E-state index is 13.4. The lowest BCUT2D eigenvalue weighted by molar-refractivity contribution is 0.625. The topological polar surface area (TPSA) is 12.0 Å². The molecule has 2 aromatic carbocycles. The zero-order valence-electron chi connectivity index (χ0n) is 11.9. The number of rotatable bonds is 3. The fraction of sp³-hybridized carbons (Fsp3) is 0.294. The molecule has 0 aliphatic carbocycles. The van der Waals surface area contributed by atoms with Gasteiger partial charge in [0.1, 0.15) is 5.82 Å². The van der Waals surface area contributed by atoms with Gasteiger partial charge in [-0.15, -0.1) is 0 Å². The summed E-state index contributed by atoms with van der Waals surface area (Å²) in [6.45, 7) is 6.06. The molecule has 0 bridgehead atoms. The summed E-state index contributed by atoms with van der Waals surface area (Å²) in [7, 11) is 1.95. The van der Waals surface area contributed by atoms with Crippen LogP contribution in [-0.4, -0.2) is 7.05 Å². The largest absolute Gasteiger partial charge is 0.313 e. The van der Waals surface area contributed by atoms with Gasteiger partial charge in [-0.3, -0.25) is 0 Å². The Bertz CT molecular complexity index is 567. The highest BCUT2D eigenvalue weighted by molar-refractivity contribution is 5.74. The van der Waals surface area contributed by atoms with Crippen molar-refractivity contribution in [2.45, 2.75) is 26.8 Å². The molecule has 0 amide bonds. The van der Waals surface area contributed by atoms with E-state index in [0.29, 0.717) is 0 Å². The van der Waals surface area contributed by atoms with Crippen LogP contribution < -0.4 is 5.32 Å². The van der Waals surface area contributed by atoms with Gasteiger partial charge in [-0.25, -0.2) is 4.39 Å². The molecule has 2 rings (SSSR count). The molecule has 0 heterocycles. The lowest BCUT2D eigenvalue weighted by atomic mass is 9.90. The van der Waals surface area contributed by atoms with Crippen LogP contribution in [0.2, 0.25) is 0 Å². The predicted octanol–water partition coefficient (Wildman–Crippen LogP) is 4.39. The van der Waals surface area contributed by atoms with Crippen molar-refractivity contribution in [1.82, 2.24) is 5.32 Å². The molecular formula is C17H20FN. The van der Waals surface area contributed by atoms with Gasteiger partial charge in [0.2, 0.25) is 0 Å². The Morgan fingerprint density at radius 3 is 2.21 bits per heavy atom. The van der Waals surface area contributed by atoms with E-state index in [1.807, 2.05) is 33.0 Å². The van der Waals surface area contributed by atoms with Gasteiger partial charge in [0.15, 0.2) is 0 Å². The zero-order valence-corrected chi connectivity index (χ0v) is 11.9. The Hall–Kier alpha value is -1.67. The van der Waals surface area contributed by atoms with Gasteiger partial charge in [-0.2, -0.15) is 0 Å². The smallest absolute Gasteiger partial charge is 0.123 e. The van der Waals surface area contributed by atoms with Crippen LogP contribution in [0.25, 0.3) is 11.1 Å². The first-order valence-corrected chi connectivity index (χ1v) is 6.58. The minimum absolute atomic E-state index is 0.169. The SMILES string of the molecule is CNC(C)c1ccccc1-c1c(C)cc(F)cc1C. The normalized spacial score (nSPS) is 12.5. The number of benzene rings is 2. The molecule has 0 radical (unpaired) electrons. The molecule has 0 aromatic heterocycles. The third-order valence-electron chi connectivity index (χ3n) is 3.63.